The second-order valence-corrected chi connectivity index (χ2v) is 7.93. The molecule has 0 spiro atoms. The number of aliphatic carboxylic acids is 2. The number of hydrogen-bond donors (Lipinski definition) is 2. The average molecular weight is 436 g/mol. The van der Waals surface area contributed by atoms with Crippen LogP contribution in [0.4, 0.5) is 13.2 Å². The monoisotopic (exact) mass is 436 g/mol. The van der Waals surface area contributed by atoms with Gasteiger partial charge in [-0.2, -0.15) is 13.2 Å². The van der Waals surface area contributed by atoms with E-state index in [-0.39, 0.29) is 5.91 Å². The lowest BCUT2D eigenvalue weighted by Crippen LogP contribution is -2.54. The standard InChI is InChI=1S/C16H22N2O3S.C2HF3O2/c1-11-5-9-22-14(11)15(19)18-8-4-12(10-13(18)16(20)21)17-6-2-3-7-17;3-2(4,5)1(6)7/h5,9,12-13H,2-4,6-8,10H2,1H3,(H,20,21);(H,6,7). The summed E-state index contributed by atoms with van der Waals surface area (Å²) in [7, 11) is 0. The zero-order chi connectivity index (χ0) is 21.8. The zero-order valence-corrected chi connectivity index (χ0v) is 16.6. The second-order valence-electron chi connectivity index (χ2n) is 7.01. The quantitative estimate of drug-likeness (QED) is 0.756. The summed E-state index contributed by atoms with van der Waals surface area (Å²) in [5.74, 6) is -3.77. The van der Waals surface area contributed by atoms with E-state index in [1.807, 2.05) is 18.4 Å². The van der Waals surface area contributed by atoms with Crippen LogP contribution in [0.25, 0.3) is 0 Å². The summed E-state index contributed by atoms with van der Waals surface area (Å²) < 4.78 is 31.7. The molecule has 2 fully saturated rings. The lowest BCUT2D eigenvalue weighted by molar-refractivity contribution is -0.192. The van der Waals surface area contributed by atoms with Gasteiger partial charge in [0.1, 0.15) is 6.04 Å². The fraction of sp³-hybridized carbons (Fsp3) is 0.611. The van der Waals surface area contributed by atoms with Gasteiger partial charge in [-0.15, -0.1) is 11.3 Å². The van der Waals surface area contributed by atoms with E-state index >= 15 is 0 Å². The van der Waals surface area contributed by atoms with Crippen LogP contribution < -0.4 is 0 Å². The molecule has 2 atom stereocenters. The molecule has 2 N–H and O–H groups in total. The van der Waals surface area contributed by atoms with E-state index in [9.17, 15) is 27.9 Å². The van der Waals surface area contributed by atoms with E-state index in [1.165, 1.54) is 24.2 Å². The predicted octanol–water partition coefficient (Wildman–Crippen LogP) is 2.84. The highest BCUT2D eigenvalue weighted by atomic mass is 32.1. The van der Waals surface area contributed by atoms with Gasteiger partial charge in [-0.25, -0.2) is 9.59 Å². The molecule has 29 heavy (non-hydrogen) atoms. The highest BCUT2D eigenvalue weighted by molar-refractivity contribution is 7.12. The third-order valence-corrected chi connectivity index (χ3v) is 6.08. The maximum Gasteiger partial charge on any atom is 0.490 e. The molecule has 2 aliphatic rings. The van der Waals surface area contributed by atoms with Gasteiger partial charge in [0.25, 0.3) is 5.91 Å². The molecule has 1 aromatic heterocycles. The lowest BCUT2D eigenvalue weighted by Gasteiger charge is -2.40. The Morgan fingerprint density at radius 1 is 1.14 bits per heavy atom. The number of hydrogen-bond acceptors (Lipinski definition) is 5. The molecule has 0 radical (unpaired) electrons. The predicted molar refractivity (Wildman–Crippen MR) is 99.0 cm³/mol. The Kier molecular flexibility index (Phi) is 7.64. The van der Waals surface area contributed by atoms with Crippen molar-refractivity contribution >= 4 is 29.2 Å². The zero-order valence-electron chi connectivity index (χ0n) is 15.8. The third kappa shape index (κ3) is 5.92. The fourth-order valence-corrected chi connectivity index (χ4v) is 4.46. The number of thiophene rings is 1. The molecule has 0 aliphatic carbocycles. The van der Waals surface area contributed by atoms with Gasteiger partial charge >= 0.3 is 18.1 Å². The molecule has 1 aromatic rings. The Balaban J connectivity index is 0.000000370. The van der Waals surface area contributed by atoms with Crippen LogP contribution in [0.5, 0.6) is 0 Å². The van der Waals surface area contributed by atoms with Gasteiger partial charge < -0.3 is 20.0 Å². The summed E-state index contributed by atoms with van der Waals surface area (Å²) in [6.07, 6.45) is -1.26. The Labute approximate surface area is 169 Å². The highest BCUT2D eigenvalue weighted by Gasteiger charge is 2.39. The molecule has 0 bridgehead atoms. The highest BCUT2D eigenvalue weighted by Crippen LogP contribution is 2.28. The van der Waals surface area contributed by atoms with Crippen LogP contribution >= 0.6 is 11.3 Å². The van der Waals surface area contributed by atoms with E-state index < -0.39 is 24.2 Å². The molecule has 1 amide bonds. The Bertz CT molecular complexity index is 746. The molecule has 2 unspecified atom stereocenters. The first-order chi connectivity index (χ1) is 13.5. The molecular weight excluding hydrogens is 413 g/mol. The van der Waals surface area contributed by atoms with Gasteiger partial charge in [-0.05, 0) is 62.7 Å². The van der Waals surface area contributed by atoms with Crippen LogP contribution in [0.3, 0.4) is 0 Å². The number of carbonyl (C=O) groups excluding carboxylic acids is 1. The molecule has 11 heteroatoms. The number of alkyl halides is 3. The van der Waals surface area contributed by atoms with Crippen molar-refractivity contribution < 1.29 is 37.8 Å². The number of carboxylic acids is 2. The molecule has 2 saturated heterocycles. The minimum atomic E-state index is -5.08. The number of aryl methyl sites for hydroxylation is 1. The molecule has 3 rings (SSSR count). The van der Waals surface area contributed by atoms with Crippen LogP contribution in [0.2, 0.25) is 0 Å². The largest absolute Gasteiger partial charge is 0.490 e. The van der Waals surface area contributed by atoms with Crippen LogP contribution in [0.15, 0.2) is 11.4 Å². The average Bonchev–Trinajstić information content (AvgIpc) is 3.32. The number of nitrogens with zero attached hydrogens (tertiary/aromatic N) is 2. The summed E-state index contributed by atoms with van der Waals surface area (Å²) >= 11 is 1.40. The molecule has 0 aromatic carbocycles. The van der Waals surface area contributed by atoms with E-state index in [1.54, 1.807) is 4.90 Å². The van der Waals surface area contributed by atoms with Gasteiger partial charge in [-0.1, -0.05) is 0 Å². The first kappa shape index (κ1) is 23.1. The molecule has 7 nitrogen and oxygen atoms in total. The molecule has 3 heterocycles. The van der Waals surface area contributed by atoms with Crippen LogP contribution in [0, 0.1) is 6.92 Å². The minimum absolute atomic E-state index is 0.125. The number of amides is 1. The Morgan fingerprint density at radius 3 is 2.17 bits per heavy atom. The van der Waals surface area contributed by atoms with Crippen molar-refractivity contribution in [2.75, 3.05) is 19.6 Å². The van der Waals surface area contributed by atoms with E-state index in [0.29, 0.717) is 23.9 Å². The van der Waals surface area contributed by atoms with Crippen molar-refractivity contribution in [3.63, 3.8) is 0 Å². The van der Waals surface area contributed by atoms with Crippen LogP contribution in [-0.2, 0) is 9.59 Å². The van der Waals surface area contributed by atoms with Crippen molar-refractivity contribution in [3.05, 3.63) is 21.9 Å². The van der Waals surface area contributed by atoms with Gasteiger partial charge in [0.2, 0.25) is 0 Å². The number of carboxylic acid groups (broad SMARTS) is 2. The number of carbonyl (C=O) groups is 3. The lowest BCUT2D eigenvalue weighted by atomic mass is 9.95. The van der Waals surface area contributed by atoms with Crippen LogP contribution in [0.1, 0.15) is 40.9 Å². The van der Waals surface area contributed by atoms with Gasteiger partial charge in [0.15, 0.2) is 0 Å². The Hall–Kier alpha value is -2.14. The van der Waals surface area contributed by atoms with Crippen molar-refractivity contribution in [2.24, 2.45) is 0 Å². The summed E-state index contributed by atoms with van der Waals surface area (Å²) in [5.41, 5.74) is 0.931. The minimum Gasteiger partial charge on any atom is -0.480 e. The second kappa shape index (κ2) is 9.57. The smallest absolute Gasteiger partial charge is 0.480 e. The van der Waals surface area contributed by atoms with Crippen molar-refractivity contribution in [3.8, 4) is 0 Å². The van der Waals surface area contributed by atoms with Crippen molar-refractivity contribution in [1.82, 2.24) is 9.80 Å². The number of halogens is 3. The summed E-state index contributed by atoms with van der Waals surface area (Å²) in [4.78, 5) is 37.9. The van der Waals surface area contributed by atoms with E-state index in [4.69, 9.17) is 9.90 Å². The molecular formula is C18H23F3N2O5S. The van der Waals surface area contributed by atoms with Gasteiger partial charge in [-0.3, -0.25) is 4.79 Å². The summed E-state index contributed by atoms with van der Waals surface area (Å²) in [6, 6.07) is 1.51. The van der Waals surface area contributed by atoms with Crippen molar-refractivity contribution in [1.29, 1.82) is 0 Å². The maximum atomic E-state index is 12.7. The molecule has 2 aliphatic heterocycles. The van der Waals surface area contributed by atoms with E-state index in [0.717, 1.165) is 25.1 Å². The van der Waals surface area contributed by atoms with Crippen molar-refractivity contribution in [2.45, 2.75) is 50.9 Å². The number of piperidine rings is 1. The normalized spacial score (nSPS) is 22.7. The Morgan fingerprint density at radius 2 is 1.72 bits per heavy atom. The van der Waals surface area contributed by atoms with Crippen LogP contribution in [-0.4, -0.2) is 75.8 Å². The maximum absolute atomic E-state index is 12.7. The first-order valence-corrected chi connectivity index (χ1v) is 10.0. The topological polar surface area (TPSA) is 98.2 Å². The third-order valence-electron chi connectivity index (χ3n) is 5.08. The first-order valence-electron chi connectivity index (χ1n) is 9.14. The van der Waals surface area contributed by atoms with E-state index in [2.05, 4.69) is 4.90 Å². The SMILES string of the molecule is Cc1ccsc1C(=O)N1CCC(N2CCCC2)CC1C(=O)O.O=C(O)C(F)(F)F. The molecule has 162 valence electrons. The number of rotatable bonds is 3. The molecule has 0 saturated carbocycles. The van der Waals surface area contributed by atoms with Gasteiger partial charge in [0, 0.05) is 12.6 Å². The fourth-order valence-electron chi connectivity index (χ4n) is 3.58. The summed E-state index contributed by atoms with van der Waals surface area (Å²) in [6.45, 7) is 4.56. The number of likely N-dealkylation sites (tertiary alicyclic amines) is 2. The summed E-state index contributed by atoms with van der Waals surface area (Å²) in [5, 5.41) is 18.6. The van der Waals surface area contributed by atoms with Gasteiger partial charge in [0.05, 0.1) is 4.88 Å².